The van der Waals surface area contributed by atoms with Crippen LogP contribution in [-0.4, -0.2) is 18.9 Å². The number of benzene rings is 2. The maximum atomic E-state index is 12.4. The molecule has 0 amide bonds. The third-order valence-corrected chi connectivity index (χ3v) is 3.48. The van der Waals surface area contributed by atoms with E-state index in [1.165, 1.54) is 0 Å². The Balaban J connectivity index is 2.42. The normalized spacial score (nSPS) is 10.1. The quantitative estimate of drug-likeness (QED) is 0.321. The summed E-state index contributed by atoms with van der Waals surface area (Å²) in [6, 6.07) is 9.59. The van der Waals surface area contributed by atoms with Crippen molar-refractivity contribution in [1.29, 1.82) is 0 Å². The van der Waals surface area contributed by atoms with Crippen LogP contribution in [0.1, 0.15) is 33.2 Å². The van der Waals surface area contributed by atoms with Crippen LogP contribution in [0.4, 0.5) is 0 Å². The second-order valence-corrected chi connectivity index (χ2v) is 5.38. The largest absolute Gasteiger partial charge is 0.490 e. The topological polar surface area (TPSA) is 52.6 Å². The van der Waals surface area contributed by atoms with E-state index < -0.39 is 5.97 Å². The number of esters is 1. The molecule has 0 atom stereocenters. The van der Waals surface area contributed by atoms with Gasteiger partial charge in [-0.1, -0.05) is 17.7 Å². The Bertz CT molecular complexity index is 751. The molecule has 5 heteroatoms. The number of aldehydes is 1. The molecular formula is C19H17ClO4. The van der Waals surface area contributed by atoms with Gasteiger partial charge in [0.1, 0.15) is 6.29 Å². The van der Waals surface area contributed by atoms with Gasteiger partial charge in [-0.25, -0.2) is 4.79 Å². The highest BCUT2D eigenvalue weighted by Crippen LogP contribution is 2.34. The lowest BCUT2D eigenvalue weighted by Crippen LogP contribution is -2.11. The summed E-state index contributed by atoms with van der Waals surface area (Å²) >= 11 is 5.83. The fourth-order valence-electron chi connectivity index (χ4n) is 2.17. The van der Waals surface area contributed by atoms with E-state index in [1.807, 2.05) is 6.92 Å². The highest BCUT2D eigenvalue weighted by Gasteiger charge is 2.18. The summed E-state index contributed by atoms with van der Waals surface area (Å²) in [5, 5.41) is 0.532. The van der Waals surface area contributed by atoms with E-state index in [0.29, 0.717) is 46.2 Å². The molecule has 0 aliphatic rings. The predicted molar refractivity (Wildman–Crippen MR) is 93.3 cm³/mol. The molecule has 0 aliphatic heterocycles. The minimum atomic E-state index is -0.531. The Morgan fingerprint density at radius 1 is 1.25 bits per heavy atom. The van der Waals surface area contributed by atoms with Gasteiger partial charge in [0.05, 0.1) is 12.2 Å². The molecule has 4 nitrogen and oxygen atoms in total. The molecule has 0 N–H and O–H groups in total. The van der Waals surface area contributed by atoms with E-state index in [2.05, 4.69) is 6.58 Å². The summed E-state index contributed by atoms with van der Waals surface area (Å²) in [5.74, 6) is 0.111. The Morgan fingerprint density at radius 3 is 2.54 bits per heavy atom. The molecule has 2 aromatic rings. The second kappa shape index (κ2) is 8.31. The van der Waals surface area contributed by atoms with Gasteiger partial charge in [-0.2, -0.15) is 0 Å². The van der Waals surface area contributed by atoms with Crippen molar-refractivity contribution in [1.82, 2.24) is 0 Å². The van der Waals surface area contributed by atoms with Crippen LogP contribution in [-0.2, 0) is 6.42 Å². The Morgan fingerprint density at radius 2 is 1.96 bits per heavy atom. The number of allylic oxidation sites excluding steroid dienone is 1. The van der Waals surface area contributed by atoms with Crippen LogP contribution in [0, 0.1) is 0 Å². The molecule has 24 heavy (non-hydrogen) atoms. The minimum Gasteiger partial charge on any atom is -0.490 e. The van der Waals surface area contributed by atoms with Crippen molar-refractivity contribution in [2.45, 2.75) is 13.3 Å². The zero-order chi connectivity index (χ0) is 17.5. The molecule has 0 saturated carbocycles. The second-order valence-electron chi connectivity index (χ2n) is 4.95. The van der Waals surface area contributed by atoms with Crippen molar-refractivity contribution >= 4 is 23.9 Å². The average Bonchev–Trinajstić information content (AvgIpc) is 2.58. The standard InChI is InChI=1S/C19H17ClO4/c1-3-5-15-10-13(12-21)11-17(23-4-2)18(15)24-19(22)14-6-8-16(20)9-7-14/h3,6-12H,1,4-5H2,2H3. The van der Waals surface area contributed by atoms with Crippen molar-refractivity contribution in [2.24, 2.45) is 0 Å². The zero-order valence-electron chi connectivity index (χ0n) is 13.3. The van der Waals surface area contributed by atoms with Crippen molar-refractivity contribution in [3.63, 3.8) is 0 Å². The lowest BCUT2D eigenvalue weighted by Gasteiger charge is -2.15. The van der Waals surface area contributed by atoms with Gasteiger partial charge in [-0.3, -0.25) is 4.79 Å². The van der Waals surface area contributed by atoms with Gasteiger partial charge < -0.3 is 9.47 Å². The van der Waals surface area contributed by atoms with Crippen molar-refractivity contribution in [3.05, 3.63) is 70.8 Å². The summed E-state index contributed by atoms with van der Waals surface area (Å²) in [5.41, 5.74) is 1.47. The molecule has 0 bridgehead atoms. The van der Waals surface area contributed by atoms with Crippen LogP contribution >= 0.6 is 11.6 Å². The van der Waals surface area contributed by atoms with E-state index >= 15 is 0 Å². The molecule has 0 unspecified atom stereocenters. The van der Waals surface area contributed by atoms with E-state index in [1.54, 1.807) is 42.5 Å². The van der Waals surface area contributed by atoms with Crippen LogP contribution in [0.25, 0.3) is 0 Å². The van der Waals surface area contributed by atoms with E-state index in [9.17, 15) is 9.59 Å². The van der Waals surface area contributed by atoms with E-state index in [-0.39, 0.29) is 0 Å². The summed E-state index contributed by atoms with van der Waals surface area (Å²) < 4.78 is 11.1. The van der Waals surface area contributed by atoms with Crippen LogP contribution in [0.5, 0.6) is 11.5 Å². The Kier molecular flexibility index (Phi) is 6.15. The molecule has 0 radical (unpaired) electrons. The lowest BCUT2D eigenvalue weighted by atomic mass is 10.1. The fourth-order valence-corrected chi connectivity index (χ4v) is 2.30. The highest BCUT2D eigenvalue weighted by molar-refractivity contribution is 6.30. The monoisotopic (exact) mass is 344 g/mol. The zero-order valence-corrected chi connectivity index (χ0v) is 14.0. The number of halogens is 1. The molecular weight excluding hydrogens is 328 g/mol. The average molecular weight is 345 g/mol. The molecule has 2 rings (SSSR count). The van der Waals surface area contributed by atoms with Gasteiger partial charge in [0, 0.05) is 16.1 Å². The van der Waals surface area contributed by atoms with Gasteiger partial charge in [0.2, 0.25) is 0 Å². The van der Waals surface area contributed by atoms with Gasteiger partial charge in [0.15, 0.2) is 11.5 Å². The first-order valence-corrected chi connectivity index (χ1v) is 7.80. The lowest BCUT2D eigenvalue weighted by molar-refractivity contribution is 0.0727. The summed E-state index contributed by atoms with van der Waals surface area (Å²) in [6.07, 6.45) is 2.82. The van der Waals surface area contributed by atoms with Crippen LogP contribution < -0.4 is 9.47 Å². The predicted octanol–water partition coefficient (Wildman–Crippen LogP) is 4.50. The summed E-state index contributed by atoms with van der Waals surface area (Å²) in [7, 11) is 0. The first kappa shape index (κ1) is 17.8. The third kappa shape index (κ3) is 4.24. The van der Waals surface area contributed by atoms with Crippen LogP contribution in [0.3, 0.4) is 0 Å². The maximum Gasteiger partial charge on any atom is 0.343 e. The molecule has 124 valence electrons. The first-order chi connectivity index (χ1) is 11.6. The highest BCUT2D eigenvalue weighted by atomic mass is 35.5. The number of ether oxygens (including phenoxy) is 2. The number of carbonyl (C=O) groups is 2. The fraction of sp³-hybridized carbons (Fsp3) is 0.158. The summed E-state index contributed by atoms with van der Waals surface area (Å²) in [4.78, 5) is 23.5. The SMILES string of the molecule is C=CCc1cc(C=O)cc(OCC)c1OC(=O)c1ccc(Cl)cc1. The summed E-state index contributed by atoms with van der Waals surface area (Å²) in [6.45, 7) is 5.88. The maximum absolute atomic E-state index is 12.4. The number of carbonyl (C=O) groups excluding carboxylic acids is 2. The minimum absolute atomic E-state index is 0.294. The van der Waals surface area contributed by atoms with E-state index in [0.717, 1.165) is 6.29 Å². The number of hydrogen-bond donors (Lipinski definition) is 0. The van der Waals surface area contributed by atoms with Gasteiger partial charge in [-0.05, 0) is 49.7 Å². The molecule has 2 aromatic carbocycles. The van der Waals surface area contributed by atoms with E-state index in [4.69, 9.17) is 21.1 Å². The Labute approximate surface area is 145 Å². The molecule has 0 aromatic heterocycles. The molecule has 0 aliphatic carbocycles. The van der Waals surface area contributed by atoms with Gasteiger partial charge in [0.25, 0.3) is 0 Å². The van der Waals surface area contributed by atoms with Gasteiger partial charge in [-0.15, -0.1) is 6.58 Å². The third-order valence-electron chi connectivity index (χ3n) is 3.23. The van der Waals surface area contributed by atoms with Crippen molar-refractivity contribution < 1.29 is 19.1 Å². The number of hydrogen-bond acceptors (Lipinski definition) is 4. The first-order valence-electron chi connectivity index (χ1n) is 7.42. The smallest absolute Gasteiger partial charge is 0.343 e. The van der Waals surface area contributed by atoms with Crippen LogP contribution in [0.2, 0.25) is 5.02 Å². The van der Waals surface area contributed by atoms with Crippen molar-refractivity contribution in [2.75, 3.05) is 6.61 Å². The molecule has 0 fully saturated rings. The van der Waals surface area contributed by atoms with Crippen LogP contribution in [0.15, 0.2) is 49.1 Å². The molecule has 0 saturated heterocycles. The van der Waals surface area contributed by atoms with Gasteiger partial charge >= 0.3 is 5.97 Å². The Hall–Kier alpha value is -2.59. The molecule has 0 heterocycles. The van der Waals surface area contributed by atoms with Crippen molar-refractivity contribution in [3.8, 4) is 11.5 Å². The molecule has 0 spiro atoms. The number of rotatable bonds is 7.